The lowest BCUT2D eigenvalue weighted by molar-refractivity contribution is 0.0518. The molecule has 1 aromatic heterocycles. The Bertz CT molecular complexity index is 692. The molecular formula is C21H28N2O3. The number of nitrogens with zero attached hydrogens (tertiary/aromatic N) is 1. The van der Waals surface area contributed by atoms with E-state index in [1.54, 1.807) is 6.26 Å². The summed E-state index contributed by atoms with van der Waals surface area (Å²) in [5, 5.41) is 2.93. The molecule has 0 radical (unpaired) electrons. The zero-order valence-electron chi connectivity index (χ0n) is 15.8. The summed E-state index contributed by atoms with van der Waals surface area (Å²) in [6, 6.07) is 14.4. The molecule has 0 aliphatic carbocycles. The van der Waals surface area contributed by atoms with Crippen molar-refractivity contribution in [1.82, 2.24) is 10.2 Å². The SMILES string of the molecule is CC(C)(C)OC(=O)NC[C@H]1CN(Cc2ccccc2)C[C@@H]1c1ccco1. The number of rotatable bonds is 5. The van der Waals surface area contributed by atoms with Crippen LogP contribution in [0.3, 0.4) is 0 Å². The van der Waals surface area contributed by atoms with Gasteiger partial charge in [0.05, 0.1) is 6.26 Å². The van der Waals surface area contributed by atoms with Crippen LogP contribution < -0.4 is 5.32 Å². The maximum Gasteiger partial charge on any atom is 0.407 e. The first-order chi connectivity index (χ1) is 12.4. The fourth-order valence-corrected chi connectivity index (χ4v) is 3.49. The number of amides is 1. The van der Waals surface area contributed by atoms with Crippen LogP contribution in [-0.4, -0.2) is 36.2 Å². The van der Waals surface area contributed by atoms with Crippen LogP contribution in [0, 0.1) is 5.92 Å². The number of hydrogen-bond acceptors (Lipinski definition) is 4. The number of hydrogen-bond donors (Lipinski definition) is 1. The van der Waals surface area contributed by atoms with Gasteiger partial charge in [0.2, 0.25) is 0 Å². The average molecular weight is 356 g/mol. The van der Waals surface area contributed by atoms with Crippen LogP contribution >= 0.6 is 0 Å². The average Bonchev–Trinajstić information content (AvgIpc) is 3.21. The van der Waals surface area contributed by atoms with Gasteiger partial charge in [-0.25, -0.2) is 4.79 Å². The van der Waals surface area contributed by atoms with Crippen LogP contribution in [-0.2, 0) is 11.3 Å². The van der Waals surface area contributed by atoms with Crippen molar-refractivity contribution in [1.29, 1.82) is 0 Å². The summed E-state index contributed by atoms with van der Waals surface area (Å²) in [5.74, 6) is 1.54. The number of alkyl carbamates (subject to hydrolysis) is 1. The lowest BCUT2D eigenvalue weighted by Crippen LogP contribution is -2.36. The van der Waals surface area contributed by atoms with Crippen molar-refractivity contribution in [3.8, 4) is 0 Å². The smallest absolute Gasteiger partial charge is 0.407 e. The third-order valence-corrected chi connectivity index (χ3v) is 4.58. The highest BCUT2D eigenvalue weighted by molar-refractivity contribution is 5.67. The lowest BCUT2D eigenvalue weighted by atomic mass is 9.94. The molecule has 2 heterocycles. The molecule has 1 saturated heterocycles. The molecule has 140 valence electrons. The van der Waals surface area contributed by atoms with E-state index in [1.807, 2.05) is 39.0 Å². The first-order valence-electron chi connectivity index (χ1n) is 9.17. The fourth-order valence-electron chi connectivity index (χ4n) is 3.49. The van der Waals surface area contributed by atoms with E-state index in [9.17, 15) is 4.79 Å². The zero-order valence-corrected chi connectivity index (χ0v) is 15.8. The van der Waals surface area contributed by atoms with Crippen molar-refractivity contribution in [3.05, 3.63) is 60.1 Å². The van der Waals surface area contributed by atoms with E-state index in [2.05, 4.69) is 34.5 Å². The summed E-state index contributed by atoms with van der Waals surface area (Å²) in [6.45, 7) is 8.92. The van der Waals surface area contributed by atoms with Gasteiger partial charge < -0.3 is 14.5 Å². The fraction of sp³-hybridized carbons (Fsp3) is 0.476. The molecule has 2 aromatic rings. The highest BCUT2D eigenvalue weighted by Gasteiger charge is 2.35. The third kappa shape index (κ3) is 5.11. The van der Waals surface area contributed by atoms with Crippen molar-refractivity contribution in [2.24, 2.45) is 5.92 Å². The minimum Gasteiger partial charge on any atom is -0.469 e. The van der Waals surface area contributed by atoms with E-state index in [0.29, 0.717) is 6.54 Å². The Balaban J connectivity index is 1.63. The van der Waals surface area contributed by atoms with E-state index in [1.165, 1.54) is 5.56 Å². The molecule has 1 amide bonds. The van der Waals surface area contributed by atoms with Crippen LogP contribution in [0.25, 0.3) is 0 Å². The van der Waals surface area contributed by atoms with Crippen LogP contribution in [0.4, 0.5) is 4.79 Å². The Labute approximate surface area is 155 Å². The van der Waals surface area contributed by atoms with Crippen molar-refractivity contribution in [3.63, 3.8) is 0 Å². The van der Waals surface area contributed by atoms with Crippen molar-refractivity contribution < 1.29 is 13.9 Å². The number of carbonyl (C=O) groups excluding carboxylic acids is 1. The van der Waals surface area contributed by atoms with Crippen LogP contribution in [0.15, 0.2) is 53.1 Å². The molecular weight excluding hydrogens is 328 g/mol. The molecule has 5 heteroatoms. The summed E-state index contributed by atoms with van der Waals surface area (Å²) in [6.07, 6.45) is 1.35. The maximum atomic E-state index is 12.0. The van der Waals surface area contributed by atoms with Gasteiger partial charge in [-0.2, -0.15) is 0 Å². The normalized spacial score (nSPS) is 20.9. The van der Waals surface area contributed by atoms with Gasteiger partial charge in [0.1, 0.15) is 11.4 Å². The zero-order chi connectivity index (χ0) is 18.6. The Morgan fingerprint density at radius 2 is 1.96 bits per heavy atom. The molecule has 0 unspecified atom stereocenters. The molecule has 1 fully saturated rings. The molecule has 3 rings (SSSR count). The minimum atomic E-state index is -0.487. The second kappa shape index (κ2) is 7.96. The highest BCUT2D eigenvalue weighted by Crippen LogP contribution is 2.33. The van der Waals surface area contributed by atoms with Gasteiger partial charge in [0, 0.05) is 38.0 Å². The number of benzene rings is 1. The summed E-state index contributed by atoms with van der Waals surface area (Å²) in [5.41, 5.74) is 0.811. The second-order valence-corrected chi connectivity index (χ2v) is 7.94. The number of furan rings is 1. The Morgan fingerprint density at radius 1 is 1.19 bits per heavy atom. The van der Waals surface area contributed by atoms with Crippen LogP contribution in [0.1, 0.15) is 38.0 Å². The molecule has 0 spiro atoms. The van der Waals surface area contributed by atoms with Gasteiger partial charge in [-0.05, 0) is 38.5 Å². The molecule has 1 aliphatic heterocycles. The second-order valence-electron chi connectivity index (χ2n) is 7.94. The van der Waals surface area contributed by atoms with Gasteiger partial charge in [-0.15, -0.1) is 0 Å². The molecule has 0 saturated carbocycles. The highest BCUT2D eigenvalue weighted by atomic mass is 16.6. The van der Waals surface area contributed by atoms with Gasteiger partial charge >= 0.3 is 6.09 Å². The van der Waals surface area contributed by atoms with Gasteiger partial charge in [-0.3, -0.25) is 4.90 Å². The summed E-state index contributed by atoms with van der Waals surface area (Å²) < 4.78 is 11.0. The molecule has 26 heavy (non-hydrogen) atoms. The monoisotopic (exact) mass is 356 g/mol. The predicted molar refractivity (Wildman–Crippen MR) is 101 cm³/mol. The number of nitrogens with one attached hydrogen (secondary N) is 1. The lowest BCUT2D eigenvalue weighted by Gasteiger charge is -2.22. The molecule has 1 N–H and O–H groups in total. The molecule has 5 nitrogen and oxygen atoms in total. The molecule has 1 aliphatic rings. The van der Waals surface area contributed by atoms with Gasteiger partial charge in [0.25, 0.3) is 0 Å². The first kappa shape index (κ1) is 18.5. The third-order valence-electron chi connectivity index (χ3n) is 4.58. The molecule has 1 aromatic carbocycles. The minimum absolute atomic E-state index is 0.267. The van der Waals surface area contributed by atoms with E-state index < -0.39 is 5.60 Å². The van der Waals surface area contributed by atoms with Crippen molar-refractivity contribution in [2.45, 2.75) is 38.8 Å². The number of ether oxygens (including phenoxy) is 1. The predicted octanol–water partition coefficient (Wildman–Crippen LogP) is 4.02. The largest absolute Gasteiger partial charge is 0.469 e. The molecule has 2 atom stereocenters. The quantitative estimate of drug-likeness (QED) is 0.879. The van der Waals surface area contributed by atoms with E-state index in [4.69, 9.17) is 9.15 Å². The summed E-state index contributed by atoms with van der Waals surface area (Å²) in [7, 11) is 0. The summed E-state index contributed by atoms with van der Waals surface area (Å²) >= 11 is 0. The first-order valence-corrected chi connectivity index (χ1v) is 9.17. The molecule has 0 bridgehead atoms. The maximum absolute atomic E-state index is 12.0. The van der Waals surface area contributed by atoms with E-state index >= 15 is 0 Å². The Morgan fingerprint density at radius 3 is 2.62 bits per heavy atom. The van der Waals surface area contributed by atoms with Gasteiger partial charge in [0.15, 0.2) is 0 Å². The topological polar surface area (TPSA) is 54.7 Å². The van der Waals surface area contributed by atoms with Crippen molar-refractivity contribution >= 4 is 6.09 Å². The standard InChI is InChI=1S/C21H28N2O3/c1-21(2,3)26-20(24)22-12-17-14-23(13-16-8-5-4-6-9-16)15-18(17)19-10-7-11-25-19/h4-11,17-18H,12-15H2,1-3H3,(H,22,24)/t17-,18-/m0/s1. The number of carbonyl (C=O) groups is 1. The van der Waals surface area contributed by atoms with E-state index in [0.717, 1.165) is 25.4 Å². The Kier molecular flexibility index (Phi) is 5.67. The van der Waals surface area contributed by atoms with E-state index in [-0.39, 0.29) is 17.9 Å². The summed E-state index contributed by atoms with van der Waals surface area (Å²) in [4.78, 5) is 14.4. The van der Waals surface area contributed by atoms with Crippen molar-refractivity contribution in [2.75, 3.05) is 19.6 Å². The van der Waals surface area contributed by atoms with Crippen LogP contribution in [0.5, 0.6) is 0 Å². The van der Waals surface area contributed by atoms with Gasteiger partial charge in [-0.1, -0.05) is 30.3 Å². The van der Waals surface area contributed by atoms with Crippen LogP contribution in [0.2, 0.25) is 0 Å². The number of likely N-dealkylation sites (tertiary alicyclic amines) is 1. The Hall–Kier alpha value is -2.27.